The van der Waals surface area contributed by atoms with E-state index >= 15 is 0 Å². The van der Waals surface area contributed by atoms with Crippen LogP contribution in [0.3, 0.4) is 0 Å². The molecule has 1 amide bonds. The fourth-order valence-electron chi connectivity index (χ4n) is 1.56. The maximum absolute atomic E-state index is 11.5. The molecule has 1 aliphatic heterocycles. The van der Waals surface area contributed by atoms with Crippen LogP contribution in [-0.4, -0.2) is 29.9 Å². The Labute approximate surface area is 92.8 Å². The van der Waals surface area contributed by atoms with Crippen LogP contribution in [0.1, 0.15) is 6.42 Å². The van der Waals surface area contributed by atoms with Crippen molar-refractivity contribution < 1.29 is 9.53 Å². The van der Waals surface area contributed by atoms with Crippen molar-refractivity contribution in [2.75, 3.05) is 18.6 Å². The highest BCUT2D eigenvalue weighted by atomic mass is 35.5. The van der Waals surface area contributed by atoms with Crippen molar-refractivity contribution >= 4 is 23.3 Å². The number of carbonyl (C=O) groups excluding carboxylic acids is 1. The normalized spacial score (nSPS) is 20.8. The van der Waals surface area contributed by atoms with Crippen molar-refractivity contribution in [3.8, 4) is 5.75 Å². The number of aromatic nitrogens is 1. The lowest BCUT2D eigenvalue weighted by Gasteiger charge is -2.14. The summed E-state index contributed by atoms with van der Waals surface area (Å²) in [5, 5.41) is -0.120. The van der Waals surface area contributed by atoms with Crippen LogP contribution in [0.4, 0.5) is 5.82 Å². The molecule has 1 fully saturated rings. The fraction of sp³-hybridized carbons (Fsp3) is 0.400. The van der Waals surface area contributed by atoms with Crippen molar-refractivity contribution in [2.24, 2.45) is 0 Å². The summed E-state index contributed by atoms with van der Waals surface area (Å²) in [6, 6.07) is 3.47. The van der Waals surface area contributed by atoms with E-state index in [-0.39, 0.29) is 11.3 Å². The summed E-state index contributed by atoms with van der Waals surface area (Å²) in [5.74, 6) is 1.30. The number of anilines is 1. The van der Waals surface area contributed by atoms with Gasteiger partial charge in [-0.3, -0.25) is 9.69 Å². The van der Waals surface area contributed by atoms with E-state index in [1.807, 2.05) is 0 Å². The van der Waals surface area contributed by atoms with Crippen molar-refractivity contribution in [2.45, 2.75) is 11.8 Å². The lowest BCUT2D eigenvalue weighted by atomic mass is 10.4. The molecule has 5 heteroatoms. The SMILES string of the molecule is COc1ccnc(N2CC(Cl)CC2=O)c1. The highest BCUT2D eigenvalue weighted by Crippen LogP contribution is 2.24. The number of pyridine rings is 1. The van der Waals surface area contributed by atoms with Gasteiger partial charge in [-0.15, -0.1) is 11.6 Å². The summed E-state index contributed by atoms with van der Waals surface area (Å²) in [4.78, 5) is 17.2. The van der Waals surface area contributed by atoms with Gasteiger partial charge in [0, 0.05) is 25.2 Å². The Balaban J connectivity index is 2.25. The number of ether oxygens (including phenoxy) is 1. The zero-order valence-electron chi connectivity index (χ0n) is 8.31. The molecule has 4 nitrogen and oxygen atoms in total. The average molecular weight is 227 g/mol. The molecule has 1 unspecified atom stereocenters. The van der Waals surface area contributed by atoms with Gasteiger partial charge in [0.2, 0.25) is 5.91 Å². The average Bonchev–Trinajstić information content (AvgIpc) is 2.58. The molecular formula is C10H11ClN2O2. The molecule has 0 radical (unpaired) electrons. The maximum Gasteiger partial charge on any atom is 0.229 e. The van der Waals surface area contributed by atoms with Crippen LogP contribution in [0, 0.1) is 0 Å². The summed E-state index contributed by atoms with van der Waals surface area (Å²) >= 11 is 5.90. The van der Waals surface area contributed by atoms with Crippen LogP contribution >= 0.6 is 11.6 Å². The van der Waals surface area contributed by atoms with Crippen LogP contribution < -0.4 is 9.64 Å². The first kappa shape index (κ1) is 10.2. The Kier molecular flexibility index (Phi) is 2.77. The molecule has 1 aromatic heterocycles. The quantitative estimate of drug-likeness (QED) is 0.717. The molecule has 1 saturated heterocycles. The molecule has 1 aromatic rings. The Morgan fingerprint density at radius 2 is 2.47 bits per heavy atom. The highest BCUT2D eigenvalue weighted by Gasteiger charge is 2.29. The van der Waals surface area contributed by atoms with Crippen molar-refractivity contribution in [3.05, 3.63) is 18.3 Å². The first-order valence-electron chi connectivity index (χ1n) is 4.65. The lowest BCUT2D eigenvalue weighted by molar-refractivity contribution is -0.117. The van der Waals surface area contributed by atoms with Crippen LogP contribution in [0.2, 0.25) is 0 Å². The van der Waals surface area contributed by atoms with Gasteiger partial charge in [0.15, 0.2) is 0 Å². The van der Waals surface area contributed by atoms with Gasteiger partial charge in [-0.2, -0.15) is 0 Å². The number of amides is 1. The van der Waals surface area contributed by atoms with Crippen molar-refractivity contribution in [1.29, 1.82) is 0 Å². The molecule has 0 bridgehead atoms. The van der Waals surface area contributed by atoms with E-state index in [0.717, 1.165) is 0 Å². The number of methoxy groups -OCH3 is 1. The second-order valence-corrected chi connectivity index (χ2v) is 3.98. The molecule has 0 spiro atoms. The number of rotatable bonds is 2. The molecule has 0 aromatic carbocycles. The van der Waals surface area contributed by atoms with Crippen LogP contribution in [0.5, 0.6) is 5.75 Å². The van der Waals surface area contributed by atoms with Crippen LogP contribution in [-0.2, 0) is 4.79 Å². The van der Waals surface area contributed by atoms with E-state index < -0.39 is 0 Å². The topological polar surface area (TPSA) is 42.4 Å². The van der Waals surface area contributed by atoms with Crippen LogP contribution in [0.15, 0.2) is 18.3 Å². The molecule has 2 heterocycles. The minimum absolute atomic E-state index is 0.00996. The number of carbonyl (C=O) groups is 1. The molecule has 2 rings (SSSR count). The molecule has 80 valence electrons. The summed E-state index contributed by atoms with van der Waals surface area (Å²) in [7, 11) is 1.58. The third-order valence-corrected chi connectivity index (χ3v) is 2.60. The van der Waals surface area contributed by atoms with Gasteiger partial charge in [-0.25, -0.2) is 4.98 Å². The van der Waals surface area contributed by atoms with Gasteiger partial charge in [0.25, 0.3) is 0 Å². The van der Waals surface area contributed by atoms with Gasteiger partial charge in [-0.1, -0.05) is 0 Å². The second-order valence-electron chi connectivity index (χ2n) is 3.36. The van der Waals surface area contributed by atoms with E-state index in [9.17, 15) is 4.79 Å². The molecule has 0 saturated carbocycles. The first-order chi connectivity index (χ1) is 7.20. The molecular weight excluding hydrogens is 216 g/mol. The molecule has 1 aliphatic rings. The molecule has 0 N–H and O–H groups in total. The largest absolute Gasteiger partial charge is 0.497 e. The number of alkyl halides is 1. The standard InChI is InChI=1S/C10H11ClN2O2/c1-15-8-2-3-12-9(5-8)13-6-7(11)4-10(13)14/h2-3,5,7H,4,6H2,1H3. The van der Waals surface area contributed by atoms with E-state index in [4.69, 9.17) is 16.3 Å². The van der Waals surface area contributed by atoms with Crippen LogP contribution in [0.25, 0.3) is 0 Å². The third kappa shape index (κ3) is 2.04. The monoisotopic (exact) mass is 226 g/mol. The zero-order valence-corrected chi connectivity index (χ0v) is 9.07. The minimum atomic E-state index is -0.120. The summed E-state index contributed by atoms with van der Waals surface area (Å²) in [6.07, 6.45) is 1.99. The minimum Gasteiger partial charge on any atom is -0.497 e. The van der Waals surface area contributed by atoms with Gasteiger partial charge in [0.1, 0.15) is 11.6 Å². The van der Waals surface area contributed by atoms with E-state index in [1.165, 1.54) is 0 Å². The van der Waals surface area contributed by atoms with Gasteiger partial charge < -0.3 is 4.74 Å². The number of hydrogen-bond acceptors (Lipinski definition) is 3. The first-order valence-corrected chi connectivity index (χ1v) is 5.09. The van der Waals surface area contributed by atoms with Crippen molar-refractivity contribution in [1.82, 2.24) is 4.98 Å². The predicted octanol–water partition coefficient (Wildman–Crippen LogP) is 1.43. The summed E-state index contributed by atoms with van der Waals surface area (Å²) in [5.41, 5.74) is 0. The number of halogens is 1. The maximum atomic E-state index is 11.5. The predicted molar refractivity (Wildman–Crippen MR) is 57.4 cm³/mol. The third-order valence-electron chi connectivity index (χ3n) is 2.31. The highest BCUT2D eigenvalue weighted by molar-refractivity contribution is 6.24. The van der Waals surface area contributed by atoms with E-state index in [1.54, 1.807) is 30.3 Å². The van der Waals surface area contributed by atoms with E-state index in [2.05, 4.69) is 4.98 Å². The van der Waals surface area contributed by atoms with E-state index in [0.29, 0.717) is 24.5 Å². The Bertz CT molecular complexity index is 383. The molecule has 0 aliphatic carbocycles. The Hall–Kier alpha value is -1.29. The Morgan fingerprint density at radius 1 is 1.67 bits per heavy atom. The van der Waals surface area contributed by atoms with Gasteiger partial charge >= 0.3 is 0 Å². The van der Waals surface area contributed by atoms with Crippen molar-refractivity contribution in [3.63, 3.8) is 0 Å². The molecule has 15 heavy (non-hydrogen) atoms. The zero-order chi connectivity index (χ0) is 10.8. The lowest BCUT2D eigenvalue weighted by Crippen LogP contribution is -2.25. The second kappa shape index (κ2) is 4.06. The van der Waals surface area contributed by atoms with Gasteiger partial charge in [-0.05, 0) is 6.07 Å². The summed E-state index contributed by atoms with van der Waals surface area (Å²) in [6.45, 7) is 0.514. The summed E-state index contributed by atoms with van der Waals surface area (Å²) < 4.78 is 5.07. The molecule has 1 atom stereocenters. The van der Waals surface area contributed by atoms with Gasteiger partial charge in [0.05, 0.1) is 12.5 Å². The number of hydrogen-bond donors (Lipinski definition) is 0. The fourth-order valence-corrected chi connectivity index (χ4v) is 1.83. The Morgan fingerprint density at radius 3 is 3.07 bits per heavy atom. The smallest absolute Gasteiger partial charge is 0.229 e. The number of nitrogens with zero attached hydrogens (tertiary/aromatic N) is 2.